The molecule has 1 fully saturated rings. The molecule has 3 heterocycles. The molecule has 6 rings (SSSR count). The Morgan fingerprint density at radius 2 is 1.73 bits per heavy atom. The fraction of sp³-hybridized carbons (Fsp3) is 0.200. The number of hydrogen-bond donors (Lipinski definition) is 1. The van der Waals surface area contributed by atoms with Crippen LogP contribution in [-0.4, -0.2) is 34.6 Å². The lowest BCUT2D eigenvalue weighted by molar-refractivity contribution is -0.122. The SMILES string of the molecule is COc1ccc([C@@H]2c3sc(=O)n(CC(=O)Nc4cccc(C)c4)c3S[C@H]3C(=O)N(c4ccc(Br)cc4)C(=O)[C@@H]23)cc1. The van der Waals surface area contributed by atoms with Gasteiger partial charge in [0.05, 0.1) is 23.7 Å². The van der Waals surface area contributed by atoms with E-state index < -0.39 is 17.1 Å². The third-order valence-corrected chi connectivity index (χ3v) is 10.3. The van der Waals surface area contributed by atoms with Crippen molar-refractivity contribution in [2.75, 3.05) is 17.3 Å². The van der Waals surface area contributed by atoms with E-state index in [4.69, 9.17) is 4.74 Å². The molecule has 3 atom stereocenters. The van der Waals surface area contributed by atoms with E-state index in [9.17, 15) is 19.2 Å². The second-order valence-electron chi connectivity index (χ2n) is 9.84. The first-order valence-electron chi connectivity index (χ1n) is 12.8. The maximum Gasteiger partial charge on any atom is 0.308 e. The zero-order chi connectivity index (χ0) is 28.8. The van der Waals surface area contributed by atoms with Gasteiger partial charge in [-0.25, -0.2) is 4.90 Å². The summed E-state index contributed by atoms with van der Waals surface area (Å²) in [6.07, 6.45) is 0. The lowest BCUT2D eigenvalue weighted by Gasteiger charge is -2.30. The molecule has 208 valence electrons. The molecule has 0 bridgehead atoms. The van der Waals surface area contributed by atoms with Gasteiger partial charge in [0.1, 0.15) is 17.5 Å². The van der Waals surface area contributed by atoms with Crippen molar-refractivity contribution in [3.63, 3.8) is 0 Å². The Hall–Kier alpha value is -3.67. The van der Waals surface area contributed by atoms with Crippen LogP contribution in [0.3, 0.4) is 0 Å². The van der Waals surface area contributed by atoms with Crippen LogP contribution in [0.1, 0.15) is 21.9 Å². The first kappa shape index (κ1) is 27.5. The average molecular weight is 651 g/mol. The number of rotatable bonds is 6. The van der Waals surface area contributed by atoms with E-state index in [0.717, 1.165) is 26.9 Å². The van der Waals surface area contributed by atoms with Crippen molar-refractivity contribution in [2.45, 2.75) is 29.7 Å². The minimum Gasteiger partial charge on any atom is -0.497 e. The van der Waals surface area contributed by atoms with Gasteiger partial charge in [-0.1, -0.05) is 63.3 Å². The van der Waals surface area contributed by atoms with Gasteiger partial charge in [0.2, 0.25) is 17.7 Å². The predicted octanol–water partition coefficient (Wildman–Crippen LogP) is 5.42. The largest absolute Gasteiger partial charge is 0.497 e. The third kappa shape index (κ3) is 5.02. The number of anilines is 2. The topological polar surface area (TPSA) is 97.7 Å². The molecule has 4 aromatic rings. The third-order valence-electron chi connectivity index (χ3n) is 7.21. The number of nitrogens with zero attached hydrogens (tertiary/aromatic N) is 2. The predicted molar refractivity (Wildman–Crippen MR) is 163 cm³/mol. The van der Waals surface area contributed by atoms with Crippen molar-refractivity contribution < 1.29 is 19.1 Å². The Labute approximate surface area is 252 Å². The van der Waals surface area contributed by atoms with Gasteiger partial charge in [0.25, 0.3) is 0 Å². The van der Waals surface area contributed by atoms with Gasteiger partial charge < -0.3 is 10.1 Å². The molecule has 0 spiro atoms. The van der Waals surface area contributed by atoms with Crippen molar-refractivity contribution in [3.05, 3.63) is 103 Å². The number of hydrogen-bond acceptors (Lipinski definition) is 7. The smallest absolute Gasteiger partial charge is 0.308 e. The van der Waals surface area contributed by atoms with Crippen LogP contribution in [0, 0.1) is 12.8 Å². The number of methoxy groups -OCH3 is 1. The monoisotopic (exact) mass is 649 g/mol. The van der Waals surface area contributed by atoms with Crippen molar-refractivity contribution in [1.82, 2.24) is 4.57 Å². The first-order valence-corrected chi connectivity index (χ1v) is 15.3. The van der Waals surface area contributed by atoms with Crippen molar-refractivity contribution in [2.24, 2.45) is 5.92 Å². The van der Waals surface area contributed by atoms with Gasteiger partial charge in [-0.2, -0.15) is 0 Å². The zero-order valence-corrected chi connectivity index (χ0v) is 25.2. The van der Waals surface area contributed by atoms with Crippen LogP contribution in [0.25, 0.3) is 0 Å². The fourth-order valence-corrected chi connectivity index (χ4v) is 8.37. The molecule has 8 nitrogen and oxygen atoms in total. The summed E-state index contributed by atoms with van der Waals surface area (Å²) in [5, 5.41) is 2.64. The molecule has 11 heteroatoms. The zero-order valence-electron chi connectivity index (χ0n) is 22.0. The Kier molecular flexibility index (Phi) is 7.35. The number of aromatic nitrogens is 1. The van der Waals surface area contributed by atoms with Crippen LogP contribution in [0.15, 0.2) is 87.1 Å². The number of fused-ring (bicyclic) bond motifs is 2. The van der Waals surface area contributed by atoms with Gasteiger partial charge in [-0.3, -0.25) is 23.7 Å². The summed E-state index contributed by atoms with van der Waals surface area (Å²) in [5.74, 6) is -1.62. The van der Waals surface area contributed by atoms with E-state index in [1.165, 1.54) is 21.2 Å². The van der Waals surface area contributed by atoms with Crippen LogP contribution < -0.4 is 19.8 Å². The highest BCUT2D eigenvalue weighted by molar-refractivity contribution is 9.10. The lowest BCUT2D eigenvalue weighted by atomic mass is 9.83. The summed E-state index contributed by atoms with van der Waals surface area (Å²) < 4.78 is 7.58. The summed E-state index contributed by atoms with van der Waals surface area (Å²) in [6.45, 7) is 1.72. The van der Waals surface area contributed by atoms with Crippen LogP contribution in [-0.2, 0) is 20.9 Å². The molecule has 1 saturated heterocycles. The molecule has 41 heavy (non-hydrogen) atoms. The van der Waals surface area contributed by atoms with Gasteiger partial charge in [-0.15, -0.1) is 0 Å². The van der Waals surface area contributed by atoms with E-state index in [2.05, 4.69) is 21.2 Å². The normalized spacial score (nSPS) is 19.6. The van der Waals surface area contributed by atoms with Crippen LogP contribution in [0.4, 0.5) is 11.4 Å². The van der Waals surface area contributed by atoms with Crippen LogP contribution in [0.5, 0.6) is 5.75 Å². The highest BCUT2D eigenvalue weighted by atomic mass is 79.9. The van der Waals surface area contributed by atoms with Gasteiger partial charge in [0.15, 0.2) is 0 Å². The molecule has 0 aliphatic carbocycles. The van der Waals surface area contributed by atoms with Gasteiger partial charge in [-0.05, 0) is 66.6 Å². The molecular formula is C30H24BrN3O5S2. The van der Waals surface area contributed by atoms with E-state index in [-0.39, 0.29) is 29.1 Å². The standard InChI is InChI=1S/C30H24BrN3O5S2/c1-16-4-3-5-19(14-16)32-22(35)15-33-29-26(41-30(33)38)23(17-6-12-21(39-2)13-7-17)24-25(40-29)28(37)34(27(24)36)20-10-8-18(31)9-11-20/h3-14,23-25H,15H2,1-2H3,(H,32,35)/t23-,24-,25+/m0/s1. The molecule has 2 aliphatic rings. The number of thioether (sulfide) groups is 1. The van der Waals surface area contributed by atoms with E-state index in [0.29, 0.717) is 27.0 Å². The van der Waals surface area contributed by atoms with Crippen molar-refractivity contribution in [1.29, 1.82) is 0 Å². The number of ether oxygens (including phenoxy) is 1. The van der Waals surface area contributed by atoms with E-state index >= 15 is 0 Å². The second-order valence-corrected chi connectivity index (χ2v) is 12.9. The Morgan fingerprint density at radius 1 is 1.00 bits per heavy atom. The second kappa shape index (κ2) is 11.0. The summed E-state index contributed by atoms with van der Waals surface area (Å²) >= 11 is 5.62. The number of thiazole rings is 1. The molecule has 1 aromatic heterocycles. The Morgan fingerprint density at radius 3 is 2.41 bits per heavy atom. The molecule has 0 unspecified atom stereocenters. The Bertz CT molecular complexity index is 1730. The van der Waals surface area contributed by atoms with Gasteiger partial charge in [0, 0.05) is 21.0 Å². The summed E-state index contributed by atoms with van der Waals surface area (Å²) in [6, 6.07) is 21.8. The number of aryl methyl sites for hydroxylation is 1. The quantitative estimate of drug-likeness (QED) is 0.280. The van der Waals surface area contributed by atoms with Gasteiger partial charge >= 0.3 is 4.87 Å². The number of amides is 3. The maximum atomic E-state index is 14.0. The minimum absolute atomic E-state index is 0.211. The van der Waals surface area contributed by atoms with Crippen molar-refractivity contribution >= 4 is 68.1 Å². The average Bonchev–Trinajstić information content (AvgIpc) is 3.40. The molecular weight excluding hydrogens is 626 g/mol. The Balaban J connectivity index is 1.41. The first-order chi connectivity index (χ1) is 19.7. The van der Waals surface area contributed by atoms with E-state index in [1.54, 1.807) is 49.6 Å². The summed E-state index contributed by atoms with van der Waals surface area (Å²) in [4.78, 5) is 55.7. The van der Waals surface area contributed by atoms with E-state index in [1.807, 2.05) is 37.3 Å². The number of nitrogens with one attached hydrogen (secondary N) is 1. The van der Waals surface area contributed by atoms with Crippen LogP contribution >= 0.6 is 39.0 Å². The number of halogens is 1. The number of imide groups is 1. The number of carbonyl (C=O) groups is 3. The molecule has 3 aromatic carbocycles. The highest BCUT2D eigenvalue weighted by Gasteiger charge is 2.56. The molecule has 0 saturated carbocycles. The summed E-state index contributed by atoms with van der Waals surface area (Å²) in [7, 11) is 1.57. The lowest BCUT2D eigenvalue weighted by Crippen LogP contribution is -2.33. The molecule has 1 N–H and O–H groups in total. The molecule has 3 amide bonds. The fourth-order valence-electron chi connectivity index (χ4n) is 5.34. The number of benzene rings is 3. The highest BCUT2D eigenvalue weighted by Crippen LogP contribution is 2.54. The minimum atomic E-state index is -0.758. The molecule has 0 radical (unpaired) electrons. The van der Waals surface area contributed by atoms with Crippen molar-refractivity contribution in [3.8, 4) is 5.75 Å². The van der Waals surface area contributed by atoms with Crippen LogP contribution in [0.2, 0.25) is 0 Å². The maximum absolute atomic E-state index is 14.0. The molecule has 2 aliphatic heterocycles. The number of carbonyl (C=O) groups excluding carboxylic acids is 3. The summed E-state index contributed by atoms with van der Waals surface area (Å²) in [5.41, 5.74) is 2.91.